The predicted octanol–water partition coefficient (Wildman–Crippen LogP) is -2.73. The van der Waals surface area contributed by atoms with Crippen molar-refractivity contribution in [3.05, 3.63) is 0 Å². The number of likely N-dealkylation sites (N-methyl/N-ethyl adjacent to an activating group) is 2. The SMILES string of the molecule is CN1CCN(C2=NC3C(C(=O)NC(=O)N3C)N2CC(N)=O)CC1. The number of hydrogen-bond acceptors (Lipinski definition) is 7. The van der Waals surface area contributed by atoms with Crippen molar-refractivity contribution in [1.29, 1.82) is 0 Å². The number of rotatable bonds is 2. The molecule has 0 aliphatic carbocycles. The lowest BCUT2D eigenvalue weighted by molar-refractivity contribution is -0.128. The van der Waals surface area contributed by atoms with Crippen molar-refractivity contribution in [2.24, 2.45) is 10.7 Å². The zero-order valence-corrected chi connectivity index (χ0v) is 13.2. The van der Waals surface area contributed by atoms with E-state index in [9.17, 15) is 14.4 Å². The van der Waals surface area contributed by atoms with Crippen LogP contribution in [0.5, 0.6) is 0 Å². The average molecular weight is 323 g/mol. The van der Waals surface area contributed by atoms with Crippen molar-refractivity contribution < 1.29 is 14.4 Å². The fraction of sp³-hybridized carbons (Fsp3) is 0.692. The van der Waals surface area contributed by atoms with Gasteiger partial charge in [-0.15, -0.1) is 0 Å². The van der Waals surface area contributed by atoms with Crippen LogP contribution in [-0.2, 0) is 9.59 Å². The molecule has 2 fully saturated rings. The first-order valence-electron chi connectivity index (χ1n) is 7.52. The summed E-state index contributed by atoms with van der Waals surface area (Å²) >= 11 is 0. The van der Waals surface area contributed by atoms with E-state index in [-0.39, 0.29) is 6.54 Å². The van der Waals surface area contributed by atoms with Crippen molar-refractivity contribution >= 4 is 23.8 Å². The van der Waals surface area contributed by atoms with Crippen LogP contribution in [0.15, 0.2) is 4.99 Å². The molecule has 2 atom stereocenters. The molecule has 3 aliphatic heterocycles. The van der Waals surface area contributed by atoms with Crippen molar-refractivity contribution in [3.63, 3.8) is 0 Å². The van der Waals surface area contributed by atoms with E-state index in [1.54, 1.807) is 11.9 Å². The number of hydrogen-bond donors (Lipinski definition) is 2. The van der Waals surface area contributed by atoms with Crippen molar-refractivity contribution in [2.45, 2.75) is 12.2 Å². The maximum Gasteiger partial charge on any atom is 0.325 e. The van der Waals surface area contributed by atoms with Gasteiger partial charge >= 0.3 is 6.03 Å². The Morgan fingerprint density at radius 1 is 1.26 bits per heavy atom. The van der Waals surface area contributed by atoms with Crippen LogP contribution < -0.4 is 11.1 Å². The lowest BCUT2D eigenvalue weighted by Crippen LogP contribution is -2.65. The molecule has 4 amide bonds. The molecule has 0 saturated carbocycles. The molecule has 10 nitrogen and oxygen atoms in total. The molecule has 0 radical (unpaired) electrons. The summed E-state index contributed by atoms with van der Waals surface area (Å²) in [6.45, 7) is 3.09. The van der Waals surface area contributed by atoms with Crippen molar-refractivity contribution in [3.8, 4) is 0 Å². The van der Waals surface area contributed by atoms with Gasteiger partial charge in [0.05, 0.1) is 0 Å². The second-order valence-corrected chi connectivity index (χ2v) is 6.08. The fourth-order valence-corrected chi connectivity index (χ4v) is 3.12. The highest BCUT2D eigenvalue weighted by molar-refractivity contribution is 6.04. The Labute approximate surface area is 133 Å². The van der Waals surface area contributed by atoms with E-state index in [1.165, 1.54) is 4.90 Å². The van der Waals surface area contributed by atoms with E-state index in [1.807, 2.05) is 11.9 Å². The number of piperazine rings is 1. The first-order chi connectivity index (χ1) is 10.9. The number of nitrogens with one attached hydrogen (secondary N) is 1. The number of carbonyl (C=O) groups excluding carboxylic acids is 3. The van der Waals surface area contributed by atoms with Crippen LogP contribution in [0, 0.1) is 0 Å². The normalized spacial score (nSPS) is 28.6. The molecule has 0 spiro atoms. The summed E-state index contributed by atoms with van der Waals surface area (Å²) in [6, 6.07) is -1.21. The van der Waals surface area contributed by atoms with Gasteiger partial charge in [-0.3, -0.25) is 14.9 Å². The predicted molar refractivity (Wildman–Crippen MR) is 81.3 cm³/mol. The number of nitrogens with two attached hydrogens (primary N) is 1. The number of imide groups is 1. The van der Waals surface area contributed by atoms with Gasteiger partial charge in [0, 0.05) is 33.2 Å². The lowest BCUT2D eigenvalue weighted by atomic mass is 10.1. The Morgan fingerprint density at radius 3 is 2.52 bits per heavy atom. The minimum atomic E-state index is -0.722. The van der Waals surface area contributed by atoms with Gasteiger partial charge < -0.3 is 25.3 Å². The number of guanidine groups is 1. The first-order valence-corrected chi connectivity index (χ1v) is 7.52. The Bertz CT molecular complexity index is 570. The highest BCUT2D eigenvalue weighted by Crippen LogP contribution is 2.25. The quantitative estimate of drug-likeness (QED) is 0.570. The van der Waals surface area contributed by atoms with Gasteiger partial charge in [-0.05, 0) is 7.05 Å². The largest absolute Gasteiger partial charge is 0.368 e. The first kappa shape index (κ1) is 15.5. The summed E-state index contributed by atoms with van der Waals surface area (Å²) in [5.74, 6) is -0.435. The third-order valence-corrected chi connectivity index (χ3v) is 4.45. The second kappa shape index (κ2) is 5.69. The van der Waals surface area contributed by atoms with E-state index < -0.39 is 30.1 Å². The molecule has 3 rings (SSSR count). The molecule has 10 heteroatoms. The molecule has 0 bridgehead atoms. The number of primary amides is 1. The molecular weight excluding hydrogens is 302 g/mol. The zero-order chi connectivity index (χ0) is 16.7. The minimum Gasteiger partial charge on any atom is -0.368 e. The molecule has 3 aliphatic rings. The molecular formula is C13H21N7O3. The van der Waals surface area contributed by atoms with Crippen molar-refractivity contribution in [2.75, 3.05) is 46.8 Å². The smallest absolute Gasteiger partial charge is 0.325 e. The number of amides is 4. The fourth-order valence-electron chi connectivity index (χ4n) is 3.12. The molecule has 0 aromatic rings. The topological polar surface area (TPSA) is 115 Å². The second-order valence-electron chi connectivity index (χ2n) is 6.08. The van der Waals surface area contributed by atoms with E-state index >= 15 is 0 Å². The monoisotopic (exact) mass is 323 g/mol. The maximum absolute atomic E-state index is 12.3. The third-order valence-electron chi connectivity index (χ3n) is 4.45. The maximum atomic E-state index is 12.3. The summed E-state index contributed by atoms with van der Waals surface area (Å²) in [7, 11) is 3.62. The molecule has 3 heterocycles. The minimum absolute atomic E-state index is 0.109. The summed E-state index contributed by atoms with van der Waals surface area (Å²) in [6.07, 6.45) is -0.634. The number of carbonyl (C=O) groups is 3. The van der Waals surface area contributed by atoms with Gasteiger partial charge in [0.1, 0.15) is 6.54 Å². The van der Waals surface area contributed by atoms with Gasteiger partial charge in [-0.25, -0.2) is 9.79 Å². The van der Waals surface area contributed by atoms with Crippen LogP contribution in [0.2, 0.25) is 0 Å². The zero-order valence-electron chi connectivity index (χ0n) is 13.2. The summed E-state index contributed by atoms with van der Waals surface area (Å²) in [4.78, 5) is 47.3. The van der Waals surface area contributed by atoms with Gasteiger partial charge in [0.15, 0.2) is 18.2 Å². The Balaban J connectivity index is 1.90. The number of fused-ring (bicyclic) bond motifs is 1. The van der Waals surface area contributed by atoms with Crippen LogP contribution >= 0.6 is 0 Å². The van der Waals surface area contributed by atoms with Crippen LogP contribution in [0.1, 0.15) is 0 Å². The molecule has 0 aromatic carbocycles. The molecule has 3 N–H and O–H groups in total. The van der Waals surface area contributed by atoms with Crippen LogP contribution in [0.3, 0.4) is 0 Å². The van der Waals surface area contributed by atoms with Crippen LogP contribution in [-0.4, -0.2) is 102 Å². The molecule has 0 aromatic heterocycles. The Morgan fingerprint density at radius 2 is 1.91 bits per heavy atom. The highest BCUT2D eigenvalue weighted by atomic mass is 16.2. The van der Waals surface area contributed by atoms with Gasteiger partial charge in [-0.1, -0.05) is 0 Å². The molecule has 126 valence electrons. The number of nitrogens with zero attached hydrogens (tertiary/aromatic N) is 5. The van der Waals surface area contributed by atoms with Crippen LogP contribution in [0.25, 0.3) is 0 Å². The lowest BCUT2D eigenvalue weighted by Gasteiger charge is -2.39. The third kappa shape index (κ3) is 2.69. The van der Waals surface area contributed by atoms with Gasteiger partial charge in [0.25, 0.3) is 5.91 Å². The molecule has 2 unspecified atom stereocenters. The number of aliphatic imine (C=N–C) groups is 1. The summed E-state index contributed by atoms with van der Waals surface area (Å²) < 4.78 is 0. The summed E-state index contributed by atoms with van der Waals surface area (Å²) in [5.41, 5.74) is 5.34. The summed E-state index contributed by atoms with van der Waals surface area (Å²) in [5, 5.41) is 2.29. The highest BCUT2D eigenvalue weighted by Gasteiger charge is 2.50. The molecule has 23 heavy (non-hydrogen) atoms. The van der Waals surface area contributed by atoms with Gasteiger partial charge in [-0.2, -0.15) is 0 Å². The Hall–Kier alpha value is -2.36. The van der Waals surface area contributed by atoms with E-state index in [0.717, 1.165) is 26.2 Å². The van der Waals surface area contributed by atoms with E-state index in [0.29, 0.717) is 5.96 Å². The Kier molecular flexibility index (Phi) is 3.84. The van der Waals surface area contributed by atoms with E-state index in [4.69, 9.17) is 5.73 Å². The van der Waals surface area contributed by atoms with Gasteiger partial charge in [0.2, 0.25) is 5.91 Å². The van der Waals surface area contributed by atoms with Crippen LogP contribution in [0.4, 0.5) is 4.79 Å². The number of urea groups is 1. The van der Waals surface area contributed by atoms with Crippen molar-refractivity contribution in [1.82, 2.24) is 24.9 Å². The molecule has 2 saturated heterocycles. The standard InChI is InChI=1S/C13H21N7O3/c1-17-3-5-19(6-4-17)12-15-10-9(20(12)7-8(14)21)11(22)16-13(23)18(10)2/h9-10H,3-7H2,1-2H3,(H2,14,21)(H,16,22,23). The van der Waals surface area contributed by atoms with E-state index in [2.05, 4.69) is 15.2 Å². The average Bonchev–Trinajstić information content (AvgIpc) is 2.85.